The zero-order valence-corrected chi connectivity index (χ0v) is 13.1. The zero-order chi connectivity index (χ0) is 13.8. The molecule has 1 aromatic carbocycles. The normalized spacial score (nSPS) is 17.4. The highest BCUT2D eigenvalue weighted by molar-refractivity contribution is 7.84. The van der Waals surface area contributed by atoms with E-state index in [1.54, 1.807) is 11.3 Å². The Morgan fingerprint density at radius 1 is 1.20 bits per heavy atom. The number of nitrogens with zero attached hydrogens (tertiary/aromatic N) is 1. The molecule has 4 heteroatoms. The minimum Gasteiger partial charge on any atom is -0.259 e. The molecular weight excluding hydrogens is 286 g/mol. The van der Waals surface area contributed by atoms with Crippen LogP contribution in [0.3, 0.4) is 0 Å². The second-order valence-corrected chi connectivity index (χ2v) is 8.00. The van der Waals surface area contributed by atoms with E-state index in [1.807, 2.05) is 24.4 Å². The smallest absolute Gasteiger partial charge is 0.106 e. The van der Waals surface area contributed by atoms with Gasteiger partial charge in [-0.05, 0) is 24.3 Å². The molecule has 1 atom stereocenters. The molecule has 1 heterocycles. The molecule has 0 N–H and O–H groups in total. The second-order valence-electron chi connectivity index (χ2n) is 5.39. The molecule has 3 rings (SSSR count). The Morgan fingerprint density at radius 3 is 2.70 bits per heavy atom. The summed E-state index contributed by atoms with van der Waals surface area (Å²) >= 11 is 1.67. The minimum absolute atomic E-state index is 0.619. The summed E-state index contributed by atoms with van der Waals surface area (Å²) in [4.78, 5) is 5.60. The van der Waals surface area contributed by atoms with E-state index in [0.717, 1.165) is 10.8 Å². The van der Waals surface area contributed by atoms with Crippen LogP contribution >= 0.6 is 11.3 Å². The van der Waals surface area contributed by atoms with Gasteiger partial charge in [-0.1, -0.05) is 43.2 Å². The molecule has 0 saturated heterocycles. The SMILES string of the molecule is O=[S@@](Cc1ncc(-c2ccccc2)s1)CC1CCCC1. The van der Waals surface area contributed by atoms with Crippen molar-refractivity contribution < 1.29 is 4.21 Å². The molecule has 20 heavy (non-hydrogen) atoms. The van der Waals surface area contributed by atoms with Gasteiger partial charge in [0.2, 0.25) is 0 Å². The first-order valence-electron chi connectivity index (χ1n) is 7.16. The van der Waals surface area contributed by atoms with Crippen LogP contribution in [0.5, 0.6) is 0 Å². The predicted molar refractivity (Wildman–Crippen MR) is 86.2 cm³/mol. The number of hydrogen-bond donors (Lipinski definition) is 0. The van der Waals surface area contributed by atoms with Crippen molar-refractivity contribution in [3.05, 3.63) is 41.5 Å². The summed E-state index contributed by atoms with van der Waals surface area (Å²) in [5.74, 6) is 2.17. The highest BCUT2D eigenvalue weighted by atomic mass is 32.2. The highest BCUT2D eigenvalue weighted by Gasteiger charge is 2.18. The number of thiazole rings is 1. The number of rotatable bonds is 5. The molecule has 1 aromatic heterocycles. The molecule has 2 nitrogen and oxygen atoms in total. The van der Waals surface area contributed by atoms with Crippen LogP contribution in [0.1, 0.15) is 30.7 Å². The van der Waals surface area contributed by atoms with E-state index in [1.165, 1.54) is 36.1 Å². The molecule has 0 radical (unpaired) electrons. The van der Waals surface area contributed by atoms with Gasteiger partial charge in [0, 0.05) is 22.7 Å². The molecule has 0 bridgehead atoms. The summed E-state index contributed by atoms with van der Waals surface area (Å²) in [7, 11) is -0.756. The van der Waals surface area contributed by atoms with Crippen molar-refractivity contribution >= 4 is 22.1 Å². The van der Waals surface area contributed by atoms with Crippen LogP contribution in [-0.2, 0) is 16.6 Å². The predicted octanol–water partition coefficient (Wildman–Crippen LogP) is 4.25. The van der Waals surface area contributed by atoms with Gasteiger partial charge < -0.3 is 0 Å². The summed E-state index contributed by atoms with van der Waals surface area (Å²) in [6.45, 7) is 0. The second kappa shape index (κ2) is 6.64. The average Bonchev–Trinajstić information content (AvgIpc) is 3.11. The lowest BCUT2D eigenvalue weighted by Crippen LogP contribution is -2.09. The monoisotopic (exact) mass is 305 g/mol. The van der Waals surface area contributed by atoms with Crippen molar-refractivity contribution in [3.8, 4) is 10.4 Å². The maximum atomic E-state index is 12.2. The third kappa shape index (κ3) is 3.55. The van der Waals surface area contributed by atoms with Crippen molar-refractivity contribution in [2.45, 2.75) is 31.4 Å². The largest absolute Gasteiger partial charge is 0.259 e. The summed E-state index contributed by atoms with van der Waals surface area (Å²) in [5, 5.41) is 1.00. The molecule has 1 saturated carbocycles. The Kier molecular flexibility index (Phi) is 4.63. The van der Waals surface area contributed by atoms with E-state index in [4.69, 9.17) is 0 Å². The first-order valence-corrected chi connectivity index (χ1v) is 9.47. The molecule has 2 aromatic rings. The molecule has 1 aliphatic rings. The quantitative estimate of drug-likeness (QED) is 0.826. The standard InChI is InChI=1S/C16H19NOS2/c18-20(11-13-6-4-5-7-13)12-16-17-10-15(19-16)14-8-2-1-3-9-14/h1-3,8-10,13H,4-7,11-12H2/t20-/m1/s1. The molecule has 0 spiro atoms. The van der Waals surface area contributed by atoms with E-state index >= 15 is 0 Å². The van der Waals surface area contributed by atoms with Gasteiger partial charge in [0.1, 0.15) is 5.01 Å². The van der Waals surface area contributed by atoms with Crippen LogP contribution in [0.4, 0.5) is 0 Å². The molecule has 1 fully saturated rings. The van der Waals surface area contributed by atoms with E-state index in [0.29, 0.717) is 11.7 Å². The Bertz CT molecular complexity index is 573. The van der Waals surface area contributed by atoms with E-state index in [-0.39, 0.29) is 0 Å². The lowest BCUT2D eigenvalue weighted by Gasteiger charge is -2.06. The van der Waals surface area contributed by atoms with Crippen LogP contribution in [0.25, 0.3) is 10.4 Å². The average molecular weight is 305 g/mol. The van der Waals surface area contributed by atoms with Gasteiger partial charge in [0.25, 0.3) is 0 Å². The summed E-state index contributed by atoms with van der Waals surface area (Å²) < 4.78 is 12.2. The lowest BCUT2D eigenvalue weighted by atomic mass is 10.1. The summed E-state index contributed by atoms with van der Waals surface area (Å²) in [5.41, 5.74) is 1.19. The summed E-state index contributed by atoms with van der Waals surface area (Å²) in [6.07, 6.45) is 7.06. The van der Waals surface area contributed by atoms with Gasteiger partial charge in [-0.2, -0.15) is 0 Å². The van der Waals surface area contributed by atoms with Gasteiger partial charge in [-0.15, -0.1) is 11.3 Å². The first kappa shape index (κ1) is 14.0. The van der Waals surface area contributed by atoms with Crippen molar-refractivity contribution in [3.63, 3.8) is 0 Å². The lowest BCUT2D eigenvalue weighted by molar-refractivity contribution is 0.604. The van der Waals surface area contributed by atoms with Gasteiger partial charge in [-0.3, -0.25) is 4.21 Å². The van der Waals surface area contributed by atoms with Gasteiger partial charge in [-0.25, -0.2) is 4.98 Å². The van der Waals surface area contributed by atoms with Crippen molar-refractivity contribution in [1.82, 2.24) is 4.98 Å². The van der Waals surface area contributed by atoms with Gasteiger partial charge in [0.05, 0.1) is 10.6 Å². The Hall–Kier alpha value is -1.00. The zero-order valence-electron chi connectivity index (χ0n) is 11.5. The van der Waals surface area contributed by atoms with Crippen LogP contribution in [-0.4, -0.2) is 14.9 Å². The van der Waals surface area contributed by atoms with Crippen molar-refractivity contribution in [2.24, 2.45) is 5.92 Å². The fourth-order valence-electron chi connectivity index (χ4n) is 2.75. The number of hydrogen-bond acceptors (Lipinski definition) is 3. The van der Waals surface area contributed by atoms with Crippen LogP contribution in [0.15, 0.2) is 36.5 Å². The molecule has 0 amide bonds. The van der Waals surface area contributed by atoms with Crippen molar-refractivity contribution in [1.29, 1.82) is 0 Å². The fourth-order valence-corrected chi connectivity index (χ4v) is 5.43. The molecule has 0 aliphatic heterocycles. The summed E-state index contributed by atoms with van der Waals surface area (Å²) in [6, 6.07) is 10.3. The van der Waals surface area contributed by atoms with E-state index < -0.39 is 10.8 Å². The Morgan fingerprint density at radius 2 is 1.95 bits per heavy atom. The molecule has 106 valence electrons. The Balaban J connectivity index is 1.61. The third-order valence-electron chi connectivity index (χ3n) is 3.79. The number of aromatic nitrogens is 1. The van der Waals surface area contributed by atoms with Crippen LogP contribution < -0.4 is 0 Å². The molecular formula is C16H19NOS2. The van der Waals surface area contributed by atoms with E-state index in [2.05, 4.69) is 17.1 Å². The van der Waals surface area contributed by atoms with Crippen molar-refractivity contribution in [2.75, 3.05) is 5.75 Å². The fraction of sp³-hybridized carbons (Fsp3) is 0.438. The third-order valence-corrected chi connectivity index (χ3v) is 6.46. The van der Waals surface area contributed by atoms with Gasteiger partial charge in [0.15, 0.2) is 0 Å². The van der Waals surface area contributed by atoms with E-state index in [9.17, 15) is 4.21 Å². The number of benzene rings is 1. The Labute approximate surface area is 126 Å². The maximum Gasteiger partial charge on any atom is 0.106 e. The maximum absolute atomic E-state index is 12.2. The first-order chi connectivity index (χ1) is 9.81. The van der Waals surface area contributed by atoms with Gasteiger partial charge >= 0.3 is 0 Å². The molecule has 1 aliphatic carbocycles. The van der Waals surface area contributed by atoms with Crippen LogP contribution in [0.2, 0.25) is 0 Å². The molecule has 0 unspecified atom stereocenters. The minimum atomic E-state index is -0.756. The van der Waals surface area contributed by atoms with Crippen LogP contribution in [0, 0.1) is 5.92 Å². The highest BCUT2D eigenvalue weighted by Crippen LogP contribution is 2.28. The topological polar surface area (TPSA) is 30.0 Å².